The zero-order valence-electron chi connectivity index (χ0n) is 8.33. The summed E-state index contributed by atoms with van der Waals surface area (Å²) >= 11 is 0. The average Bonchev–Trinajstić information content (AvgIpc) is 2.21. The van der Waals surface area contributed by atoms with Crippen molar-refractivity contribution in [3.8, 4) is 0 Å². The topological polar surface area (TPSA) is 76.2 Å². The molecule has 0 bridgehead atoms. The smallest absolute Gasteiger partial charge is 0.475 e. The number of nitrogen functional groups attached to an aromatic ring is 1. The number of aliphatic carboxylic acids is 1. The maximum Gasteiger partial charge on any atom is 0.490 e. The predicted octanol–water partition coefficient (Wildman–Crippen LogP) is 2.08. The van der Waals surface area contributed by atoms with Crippen molar-refractivity contribution >= 4 is 17.7 Å². The number of hydrogen-bond acceptors (Lipinski definition) is 3. The summed E-state index contributed by atoms with van der Waals surface area (Å²) in [5.74, 6) is -3.25. The number of carboxylic acid groups (broad SMARTS) is 1. The summed E-state index contributed by atoms with van der Waals surface area (Å²) < 4.78 is 44.1. The first-order valence-corrected chi connectivity index (χ1v) is 4.02. The summed E-state index contributed by atoms with van der Waals surface area (Å²) in [6.45, 7) is 3.46. The quantitative estimate of drug-likeness (QED) is 0.750. The number of nitrogens with two attached hydrogens (primary N) is 1. The summed E-state index contributed by atoms with van der Waals surface area (Å²) in [6.07, 6.45) is -2.50. The molecule has 0 amide bonds. The Balaban J connectivity index is 0.000000325. The van der Waals surface area contributed by atoms with Crippen molar-refractivity contribution in [3.63, 3.8) is 0 Å². The van der Waals surface area contributed by atoms with Crippen LogP contribution < -0.4 is 5.73 Å². The predicted molar refractivity (Wildman–Crippen MR) is 52.4 cm³/mol. The molecule has 0 radical (unpaired) electrons. The van der Waals surface area contributed by atoms with Crippen LogP contribution in [0.5, 0.6) is 0 Å². The molecule has 4 nitrogen and oxygen atoms in total. The minimum absolute atomic E-state index is 0.102. The second kappa shape index (κ2) is 5.83. The Morgan fingerprint density at radius 1 is 1.53 bits per heavy atom. The van der Waals surface area contributed by atoms with Gasteiger partial charge in [0.05, 0.1) is 17.6 Å². The van der Waals surface area contributed by atoms with E-state index in [1.54, 1.807) is 0 Å². The van der Waals surface area contributed by atoms with E-state index in [1.807, 2.05) is 0 Å². The summed E-state index contributed by atoms with van der Waals surface area (Å²) in [7, 11) is 0. The molecule has 0 spiro atoms. The lowest BCUT2D eigenvalue weighted by Gasteiger charge is -1.95. The van der Waals surface area contributed by atoms with E-state index in [-0.39, 0.29) is 5.69 Å². The van der Waals surface area contributed by atoms with Crippen LogP contribution in [0.4, 0.5) is 23.2 Å². The molecular formula is C9H8F4N2O2. The summed E-state index contributed by atoms with van der Waals surface area (Å²) in [4.78, 5) is 12.6. The minimum Gasteiger partial charge on any atom is -0.475 e. The fraction of sp³-hybridized carbons (Fsp3) is 0.111. The SMILES string of the molecule is C=Cc1cc(N)c(F)cn1.O=C(O)C(F)(F)F. The van der Waals surface area contributed by atoms with Gasteiger partial charge in [0.25, 0.3) is 0 Å². The lowest BCUT2D eigenvalue weighted by molar-refractivity contribution is -0.192. The van der Waals surface area contributed by atoms with Crippen molar-refractivity contribution in [2.75, 3.05) is 5.73 Å². The molecule has 0 aromatic carbocycles. The average molecular weight is 252 g/mol. The number of halogens is 4. The molecule has 1 aromatic heterocycles. The van der Waals surface area contributed by atoms with Gasteiger partial charge in [-0.3, -0.25) is 4.98 Å². The van der Waals surface area contributed by atoms with Gasteiger partial charge in [-0.1, -0.05) is 6.58 Å². The summed E-state index contributed by atoms with van der Waals surface area (Å²) in [5, 5.41) is 7.12. The van der Waals surface area contributed by atoms with E-state index in [9.17, 15) is 17.6 Å². The number of aromatic nitrogens is 1. The first-order valence-electron chi connectivity index (χ1n) is 4.02. The third-order valence-electron chi connectivity index (χ3n) is 1.36. The molecule has 8 heteroatoms. The highest BCUT2D eigenvalue weighted by Crippen LogP contribution is 2.13. The summed E-state index contributed by atoms with van der Waals surface area (Å²) in [6, 6.07) is 1.43. The monoisotopic (exact) mass is 252 g/mol. The van der Waals surface area contributed by atoms with Crippen LogP contribution in [0.3, 0.4) is 0 Å². The Morgan fingerprint density at radius 3 is 2.29 bits per heavy atom. The van der Waals surface area contributed by atoms with E-state index in [0.29, 0.717) is 5.69 Å². The Morgan fingerprint density at radius 2 is 2.00 bits per heavy atom. The number of nitrogens with zero attached hydrogens (tertiary/aromatic N) is 1. The molecule has 0 saturated carbocycles. The van der Waals surface area contributed by atoms with Crippen molar-refractivity contribution in [2.24, 2.45) is 0 Å². The molecule has 0 aliphatic carbocycles. The zero-order chi connectivity index (χ0) is 13.6. The molecule has 17 heavy (non-hydrogen) atoms. The van der Waals surface area contributed by atoms with Gasteiger partial charge in [0.1, 0.15) is 0 Å². The van der Waals surface area contributed by atoms with E-state index < -0.39 is 18.0 Å². The molecule has 94 valence electrons. The van der Waals surface area contributed by atoms with Crippen LogP contribution >= 0.6 is 0 Å². The Labute approximate surface area is 93.4 Å². The fourth-order valence-electron chi connectivity index (χ4n) is 0.583. The molecule has 1 heterocycles. The molecule has 3 N–H and O–H groups in total. The molecular weight excluding hydrogens is 244 g/mol. The minimum atomic E-state index is -5.08. The van der Waals surface area contributed by atoms with Gasteiger partial charge < -0.3 is 10.8 Å². The largest absolute Gasteiger partial charge is 0.490 e. The van der Waals surface area contributed by atoms with Crippen molar-refractivity contribution in [1.29, 1.82) is 0 Å². The van der Waals surface area contributed by atoms with Gasteiger partial charge in [-0.05, 0) is 12.1 Å². The van der Waals surface area contributed by atoms with Crippen LogP contribution in [0.2, 0.25) is 0 Å². The van der Waals surface area contributed by atoms with Gasteiger partial charge in [0, 0.05) is 0 Å². The van der Waals surface area contributed by atoms with E-state index in [4.69, 9.17) is 15.6 Å². The number of hydrogen-bond donors (Lipinski definition) is 2. The molecule has 0 saturated heterocycles. The van der Waals surface area contributed by atoms with Crippen molar-refractivity contribution in [1.82, 2.24) is 4.98 Å². The first-order chi connectivity index (χ1) is 7.68. The van der Waals surface area contributed by atoms with Crippen LogP contribution in [-0.4, -0.2) is 22.2 Å². The Kier molecular flexibility index (Phi) is 5.10. The second-order valence-electron chi connectivity index (χ2n) is 2.64. The Hall–Kier alpha value is -2.12. The zero-order valence-corrected chi connectivity index (χ0v) is 8.33. The number of carbonyl (C=O) groups is 1. The van der Waals surface area contributed by atoms with Gasteiger partial charge in [0.15, 0.2) is 5.82 Å². The van der Waals surface area contributed by atoms with Crippen molar-refractivity contribution < 1.29 is 27.5 Å². The van der Waals surface area contributed by atoms with Gasteiger partial charge in [-0.2, -0.15) is 13.2 Å². The number of alkyl halides is 3. The molecule has 1 aromatic rings. The molecule has 0 unspecified atom stereocenters. The summed E-state index contributed by atoms with van der Waals surface area (Å²) in [5.41, 5.74) is 5.92. The van der Waals surface area contributed by atoms with Crippen LogP contribution in [0.1, 0.15) is 5.69 Å². The third kappa shape index (κ3) is 5.50. The van der Waals surface area contributed by atoms with Gasteiger partial charge in [0.2, 0.25) is 0 Å². The van der Waals surface area contributed by atoms with E-state index >= 15 is 0 Å². The highest BCUT2D eigenvalue weighted by Gasteiger charge is 2.38. The number of carboxylic acids is 1. The van der Waals surface area contributed by atoms with Crippen LogP contribution in [0.25, 0.3) is 6.08 Å². The van der Waals surface area contributed by atoms with E-state index in [0.717, 1.165) is 6.20 Å². The third-order valence-corrected chi connectivity index (χ3v) is 1.36. The van der Waals surface area contributed by atoms with Crippen LogP contribution in [0.15, 0.2) is 18.8 Å². The second-order valence-corrected chi connectivity index (χ2v) is 2.64. The van der Waals surface area contributed by atoms with Crippen molar-refractivity contribution in [2.45, 2.75) is 6.18 Å². The fourth-order valence-corrected chi connectivity index (χ4v) is 0.583. The van der Waals surface area contributed by atoms with E-state index in [1.165, 1.54) is 12.1 Å². The van der Waals surface area contributed by atoms with Gasteiger partial charge >= 0.3 is 12.1 Å². The first kappa shape index (κ1) is 14.9. The molecule has 0 fully saturated rings. The number of anilines is 1. The standard InChI is InChI=1S/C7H7FN2.C2HF3O2/c1-2-5-3-7(9)6(8)4-10-5;3-2(4,5)1(6)7/h2-4H,1H2,(H2,9,10);(H,6,7). The van der Waals surface area contributed by atoms with Crippen molar-refractivity contribution in [3.05, 3.63) is 30.4 Å². The van der Waals surface area contributed by atoms with Crippen LogP contribution in [0, 0.1) is 5.82 Å². The number of pyridine rings is 1. The highest BCUT2D eigenvalue weighted by atomic mass is 19.4. The van der Waals surface area contributed by atoms with Crippen LogP contribution in [-0.2, 0) is 4.79 Å². The highest BCUT2D eigenvalue weighted by molar-refractivity contribution is 5.73. The van der Waals surface area contributed by atoms with Gasteiger partial charge in [-0.15, -0.1) is 0 Å². The Bertz CT molecular complexity index is 418. The molecule has 0 aliphatic heterocycles. The maximum absolute atomic E-state index is 12.4. The van der Waals surface area contributed by atoms with E-state index in [2.05, 4.69) is 11.6 Å². The number of rotatable bonds is 1. The lowest BCUT2D eigenvalue weighted by Crippen LogP contribution is -2.21. The normalized spacial score (nSPS) is 10.1. The lowest BCUT2D eigenvalue weighted by atomic mass is 10.3. The maximum atomic E-state index is 12.4. The molecule has 0 atom stereocenters. The molecule has 1 rings (SSSR count). The molecule has 0 aliphatic rings. The van der Waals surface area contributed by atoms with Gasteiger partial charge in [-0.25, -0.2) is 9.18 Å².